The van der Waals surface area contributed by atoms with Crippen molar-refractivity contribution in [3.8, 4) is 11.5 Å². The molecule has 1 heterocycles. The van der Waals surface area contributed by atoms with E-state index in [0.717, 1.165) is 49.9 Å². The van der Waals surface area contributed by atoms with Crippen LogP contribution in [0.1, 0.15) is 32.3 Å². The van der Waals surface area contributed by atoms with E-state index >= 15 is 0 Å². The molecule has 0 saturated carbocycles. The third kappa shape index (κ3) is 5.84. The van der Waals surface area contributed by atoms with E-state index < -0.39 is 0 Å². The van der Waals surface area contributed by atoms with Gasteiger partial charge in [-0.3, -0.25) is 4.99 Å². The van der Waals surface area contributed by atoms with Crippen molar-refractivity contribution in [2.75, 3.05) is 45.8 Å². The van der Waals surface area contributed by atoms with E-state index in [2.05, 4.69) is 76.8 Å². The fraction of sp³-hybridized carbons (Fsp3) is 0.480. The second-order valence-corrected chi connectivity index (χ2v) is 8.62. The predicted octanol–water partition coefficient (Wildman–Crippen LogP) is 3.82. The molecule has 0 unspecified atom stereocenters. The van der Waals surface area contributed by atoms with Crippen LogP contribution >= 0.6 is 0 Å². The summed E-state index contributed by atoms with van der Waals surface area (Å²) in [5.74, 6) is 2.35. The predicted molar refractivity (Wildman–Crippen MR) is 129 cm³/mol. The number of anilines is 1. The fourth-order valence-corrected chi connectivity index (χ4v) is 3.97. The molecule has 31 heavy (non-hydrogen) atoms. The highest BCUT2D eigenvalue weighted by atomic mass is 16.5. The number of methoxy groups -OCH3 is 2. The highest BCUT2D eigenvalue weighted by Gasteiger charge is 2.24. The quantitative estimate of drug-likeness (QED) is 0.523. The summed E-state index contributed by atoms with van der Waals surface area (Å²) in [5, 5.41) is 7.13. The van der Waals surface area contributed by atoms with E-state index in [0.29, 0.717) is 6.04 Å². The van der Waals surface area contributed by atoms with E-state index in [1.807, 2.05) is 13.1 Å². The van der Waals surface area contributed by atoms with Gasteiger partial charge in [0.2, 0.25) is 0 Å². The first-order valence-electron chi connectivity index (χ1n) is 11.0. The summed E-state index contributed by atoms with van der Waals surface area (Å²) >= 11 is 0. The molecule has 168 valence electrons. The third-order valence-corrected chi connectivity index (χ3v) is 6.04. The average Bonchev–Trinajstić information content (AvgIpc) is 2.82. The van der Waals surface area contributed by atoms with Gasteiger partial charge >= 0.3 is 0 Å². The SMILES string of the molecule is CN=C(NCC(C)(C)c1ccc(OC)c(OC)c1)NC1CCN(c2ccccc2)CC1. The lowest BCUT2D eigenvalue weighted by Crippen LogP contribution is -2.50. The molecular formula is C25H36N4O2. The molecule has 2 aromatic carbocycles. The molecule has 1 aliphatic rings. The molecule has 2 N–H and O–H groups in total. The van der Waals surface area contributed by atoms with Gasteiger partial charge in [0.05, 0.1) is 14.2 Å². The number of guanidine groups is 1. The van der Waals surface area contributed by atoms with Crippen LogP contribution in [0.15, 0.2) is 53.5 Å². The van der Waals surface area contributed by atoms with E-state index in [-0.39, 0.29) is 5.41 Å². The lowest BCUT2D eigenvalue weighted by atomic mass is 9.84. The molecule has 1 aliphatic heterocycles. The van der Waals surface area contributed by atoms with Gasteiger partial charge in [-0.05, 0) is 42.7 Å². The maximum absolute atomic E-state index is 5.47. The summed E-state index contributed by atoms with van der Waals surface area (Å²) < 4.78 is 10.8. The van der Waals surface area contributed by atoms with Crippen molar-refractivity contribution in [2.24, 2.45) is 4.99 Å². The second kappa shape index (κ2) is 10.4. The molecule has 0 amide bonds. The van der Waals surface area contributed by atoms with E-state index in [4.69, 9.17) is 9.47 Å². The van der Waals surface area contributed by atoms with Crippen molar-refractivity contribution in [3.05, 3.63) is 54.1 Å². The van der Waals surface area contributed by atoms with Crippen LogP contribution in [-0.4, -0.2) is 52.9 Å². The number of benzene rings is 2. The van der Waals surface area contributed by atoms with Crippen LogP contribution in [0.3, 0.4) is 0 Å². The summed E-state index contributed by atoms with van der Waals surface area (Å²) in [4.78, 5) is 6.91. The minimum Gasteiger partial charge on any atom is -0.493 e. The van der Waals surface area contributed by atoms with Gasteiger partial charge < -0.3 is 25.0 Å². The van der Waals surface area contributed by atoms with Crippen molar-refractivity contribution < 1.29 is 9.47 Å². The lowest BCUT2D eigenvalue weighted by molar-refractivity contribution is 0.353. The standard InChI is InChI=1S/C25H36N4O2/c1-25(2,19-11-12-22(30-4)23(17-19)31-5)18-27-24(26-3)28-20-13-15-29(16-14-20)21-9-7-6-8-10-21/h6-12,17,20H,13-16,18H2,1-5H3,(H2,26,27,28). The van der Waals surface area contributed by atoms with Crippen LogP contribution in [0.2, 0.25) is 0 Å². The Balaban J connectivity index is 1.53. The molecule has 0 bridgehead atoms. The van der Waals surface area contributed by atoms with Gasteiger partial charge in [0, 0.05) is 43.8 Å². The zero-order valence-corrected chi connectivity index (χ0v) is 19.4. The number of piperidine rings is 1. The number of hydrogen-bond donors (Lipinski definition) is 2. The van der Waals surface area contributed by atoms with Gasteiger partial charge in [0.25, 0.3) is 0 Å². The number of ether oxygens (including phenoxy) is 2. The maximum atomic E-state index is 5.47. The topological polar surface area (TPSA) is 58.1 Å². The zero-order valence-electron chi connectivity index (χ0n) is 19.4. The average molecular weight is 425 g/mol. The summed E-state index contributed by atoms with van der Waals surface area (Å²) in [6, 6.07) is 17.2. The monoisotopic (exact) mass is 424 g/mol. The number of aliphatic imine (C=N–C) groups is 1. The van der Waals surface area contributed by atoms with Gasteiger partial charge in [-0.2, -0.15) is 0 Å². The number of hydrogen-bond acceptors (Lipinski definition) is 4. The van der Waals surface area contributed by atoms with Crippen LogP contribution in [-0.2, 0) is 5.41 Å². The third-order valence-electron chi connectivity index (χ3n) is 6.04. The summed E-state index contributed by atoms with van der Waals surface area (Å²) in [5.41, 5.74) is 2.39. The van der Waals surface area contributed by atoms with Gasteiger partial charge in [-0.25, -0.2) is 0 Å². The summed E-state index contributed by atoms with van der Waals surface area (Å²) in [6.45, 7) is 7.29. The molecule has 0 aromatic heterocycles. The van der Waals surface area contributed by atoms with E-state index in [1.54, 1.807) is 14.2 Å². The molecule has 2 aromatic rings. The molecule has 1 saturated heterocycles. The highest BCUT2D eigenvalue weighted by molar-refractivity contribution is 5.80. The van der Waals surface area contributed by atoms with Crippen LogP contribution < -0.4 is 25.0 Å². The van der Waals surface area contributed by atoms with Crippen molar-refractivity contribution in [1.29, 1.82) is 0 Å². The Morgan fingerprint density at radius 3 is 2.32 bits per heavy atom. The van der Waals surface area contributed by atoms with Gasteiger partial charge in [-0.15, -0.1) is 0 Å². The molecule has 1 fully saturated rings. The number of nitrogens with one attached hydrogen (secondary N) is 2. The van der Waals surface area contributed by atoms with Crippen molar-refractivity contribution >= 4 is 11.6 Å². The number of para-hydroxylation sites is 1. The molecule has 0 atom stereocenters. The van der Waals surface area contributed by atoms with Crippen LogP contribution in [0.5, 0.6) is 11.5 Å². The summed E-state index contributed by atoms with van der Waals surface area (Å²) in [7, 11) is 5.16. The first-order chi connectivity index (χ1) is 15.0. The van der Waals surface area contributed by atoms with Crippen molar-refractivity contribution in [3.63, 3.8) is 0 Å². The fourth-order valence-electron chi connectivity index (χ4n) is 3.97. The lowest BCUT2D eigenvalue weighted by Gasteiger charge is -2.35. The number of rotatable bonds is 7. The normalized spacial score (nSPS) is 15.5. The van der Waals surface area contributed by atoms with Gasteiger partial charge in [0.15, 0.2) is 17.5 Å². The first kappa shape index (κ1) is 22.8. The van der Waals surface area contributed by atoms with Gasteiger partial charge in [0.1, 0.15) is 0 Å². The van der Waals surface area contributed by atoms with Crippen LogP contribution in [0.25, 0.3) is 0 Å². The molecule has 3 rings (SSSR count). The van der Waals surface area contributed by atoms with E-state index in [1.165, 1.54) is 11.3 Å². The van der Waals surface area contributed by atoms with Crippen LogP contribution in [0.4, 0.5) is 5.69 Å². The van der Waals surface area contributed by atoms with Gasteiger partial charge in [-0.1, -0.05) is 38.1 Å². The Morgan fingerprint density at radius 1 is 1.03 bits per heavy atom. The molecule has 0 radical (unpaired) electrons. The van der Waals surface area contributed by atoms with E-state index in [9.17, 15) is 0 Å². The Kier molecular flexibility index (Phi) is 7.66. The first-order valence-corrected chi connectivity index (χ1v) is 11.0. The Bertz CT molecular complexity index is 859. The zero-order chi connectivity index (χ0) is 22.3. The molecule has 0 spiro atoms. The highest BCUT2D eigenvalue weighted by Crippen LogP contribution is 2.32. The van der Waals surface area contributed by atoms with Crippen molar-refractivity contribution in [2.45, 2.75) is 38.1 Å². The minimum absolute atomic E-state index is 0.103. The Hall–Kier alpha value is -2.89. The Morgan fingerprint density at radius 2 is 1.71 bits per heavy atom. The smallest absolute Gasteiger partial charge is 0.191 e. The Labute approximate surface area is 186 Å². The molecule has 6 nitrogen and oxygen atoms in total. The molecule has 6 heteroatoms. The largest absolute Gasteiger partial charge is 0.493 e. The minimum atomic E-state index is -0.103. The van der Waals surface area contributed by atoms with Crippen LogP contribution in [0, 0.1) is 0 Å². The van der Waals surface area contributed by atoms with Crippen molar-refractivity contribution in [1.82, 2.24) is 10.6 Å². The molecule has 0 aliphatic carbocycles. The number of nitrogens with zero attached hydrogens (tertiary/aromatic N) is 2. The maximum Gasteiger partial charge on any atom is 0.191 e. The summed E-state index contributed by atoms with van der Waals surface area (Å²) in [6.07, 6.45) is 2.18. The molecular weight excluding hydrogens is 388 g/mol. The second-order valence-electron chi connectivity index (χ2n) is 8.62.